The van der Waals surface area contributed by atoms with Gasteiger partial charge < -0.3 is 4.74 Å². The van der Waals surface area contributed by atoms with Crippen molar-refractivity contribution in [1.82, 2.24) is 9.97 Å². The van der Waals surface area contributed by atoms with Crippen LogP contribution in [0.25, 0.3) is 0 Å². The van der Waals surface area contributed by atoms with Crippen molar-refractivity contribution in [2.24, 2.45) is 5.92 Å². The van der Waals surface area contributed by atoms with Gasteiger partial charge in [0.2, 0.25) is 5.88 Å². The Morgan fingerprint density at radius 1 is 1.53 bits per heavy atom. The second-order valence-electron chi connectivity index (χ2n) is 3.84. The van der Waals surface area contributed by atoms with Crippen molar-refractivity contribution < 1.29 is 4.74 Å². The van der Waals surface area contributed by atoms with E-state index >= 15 is 0 Å². The summed E-state index contributed by atoms with van der Waals surface area (Å²) in [6, 6.07) is 1.93. The van der Waals surface area contributed by atoms with Crippen LogP contribution in [0.5, 0.6) is 5.88 Å². The molecule has 0 bridgehead atoms. The Labute approximate surface area is 98.4 Å². The van der Waals surface area contributed by atoms with Crippen LogP contribution in [0, 0.1) is 5.92 Å². The Hall–Kier alpha value is -0.640. The summed E-state index contributed by atoms with van der Waals surface area (Å²) in [4.78, 5) is 8.86. The fraction of sp³-hybridized carbons (Fsp3) is 0.636. The normalized spacial score (nSPS) is 17.5. The average Bonchev–Trinajstić information content (AvgIpc) is 3.01. The van der Waals surface area contributed by atoms with Gasteiger partial charge in [-0.15, -0.1) is 0 Å². The summed E-state index contributed by atoms with van der Waals surface area (Å²) in [6.07, 6.45) is 5.23. The summed E-state index contributed by atoms with van der Waals surface area (Å²) in [5.74, 6) is 1.52. The van der Waals surface area contributed by atoms with Crippen molar-refractivity contribution in [3.8, 4) is 5.88 Å². The summed E-state index contributed by atoms with van der Waals surface area (Å²) in [5.41, 5.74) is 1.06. The van der Waals surface area contributed by atoms with Gasteiger partial charge in [-0.2, -0.15) is 0 Å². The molecule has 4 heteroatoms. The van der Waals surface area contributed by atoms with Crippen molar-refractivity contribution in [1.29, 1.82) is 0 Å². The van der Waals surface area contributed by atoms with E-state index in [4.69, 9.17) is 4.74 Å². The molecule has 0 radical (unpaired) electrons. The summed E-state index contributed by atoms with van der Waals surface area (Å²) < 4.78 is 5.34. The maximum Gasteiger partial charge on any atom is 0.216 e. The molecular formula is C11H15BrN2O. The Morgan fingerprint density at radius 2 is 2.33 bits per heavy atom. The molecule has 1 unspecified atom stereocenters. The second-order valence-corrected chi connectivity index (χ2v) is 5.01. The van der Waals surface area contributed by atoms with Gasteiger partial charge in [-0.3, -0.25) is 0 Å². The highest BCUT2D eigenvalue weighted by molar-refractivity contribution is 9.09. The number of alkyl halides is 1. The Bertz CT molecular complexity index is 328. The molecule has 0 spiro atoms. The van der Waals surface area contributed by atoms with E-state index in [1.54, 1.807) is 6.33 Å². The number of halogens is 1. The molecule has 0 aromatic carbocycles. The van der Waals surface area contributed by atoms with Gasteiger partial charge in [-0.25, -0.2) is 9.97 Å². The molecule has 0 saturated heterocycles. The molecule has 0 amide bonds. The minimum absolute atomic E-state index is 0.557. The highest BCUT2D eigenvalue weighted by Crippen LogP contribution is 2.38. The van der Waals surface area contributed by atoms with Crippen LogP contribution < -0.4 is 4.74 Å². The number of aromatic nitrogens is 2. The monoisotopic (exact) mass is 270 g/mol. The molecule has 1 aromatic rings. The van der Waals surface area contributed by atoms with Crippen molar-refractivity contribution in [3.05, 3.63) is 18.1 Å². The van der Waals surface area contributed by atoms with Crippen molar-refractivity contribution in [3.63, 3.8) is 0 Å². The van der Waals surface area contributed by atoms with Gasteiger partial charge in [0, 0.05) is 23.0 Å². The maximum atomic E-state index is 5.34. The molecule has 1 aromatic heterocycles. The lowest BCUT2D eigenvalue weighted by molar-refractivity contribution is 0.325. The first-order valence-corrected chi connectivity index (χ1v) is 6.29. The molecule has 0 aliphatic heterocycles. The molecule has 15 heavy (non-hydrogen) atoms. The summed E-state index contributed by atoms with van der Waals surface area (Å²) in [5, 5.41) is 0. The lowest BCUT2D eigenvalue weighted by atomic mass is 10.2. The quantitative estimate of drug-likeness (QED) is 0.772. The van der Waals surface area contributed by atoms with E-state index in [1.807, 2.05) is 13.0 Å². The molecule has 1 saturated carbocycles. The third kappa shape index (κ3) is 3.16. The summed E-state index contributed by atoms with van der Waals surface area (Å²) in [6.45, 7) is 2.61. The fourth-order valence-corrected chi connectivity index (χ4v) is 2.40. The number of nitrogens with zero attached hydrogens (tertiary/aromatic N) is 2. The first-order valence-electron chi connectivity index (χ1n) is 5.37. The summed E-state index contributed by atoms with van der Waals surface area (Å²) >= 11 is 3.70. The number of ether oxygens (including phenoxy) is 1. The Morgan fingerprint density at radius 3 is 3.00 bits per heavy atom. The molecule has 82 valence electrons. The van der Waals surface area contributed by atoms with Gasteiger partial charge in [-0.1, -0.05) is 15.9 Å². The standard InChI is InChI=1S/C11H15BrN2O/c1-2-15-11-6-9(13-7-14-11)5-10(12)8-3-4-8/h6-8,10H,2-5H2,1H3. The van der Waals surface area contributed by atoms with Gasteiger partial charge in [-0.05, 0) is 25.7 Å². The third-order valence-electron chi connectivity index (χ3n) is 2.53. The Balaban J connectivity index is 1.97. The van der Waals surface area contributed by atoms with Crippen molar-refractivity contribution in [2.75, 3.05) is 6.61 Å². The van der Waals surface area contributed by atoms with Crippen LogP contribution in [-0.4, -0.2) is 21.4 Å². The molecule has 1 aliphatic rings. The van der Waals surface area contributed by atoms with Gasteiger partial charge in [0.15, 0.2) is 0 Å². The zero-order valence-corrected chi connectivity index (χ0v) is 10.4. The van der Waals surface area contributed by atoms with Gasteiger partial charge in [0.05, 0.1) is 6.61 Å². The molecule has 0 N–H and O–H groups in total. The van der Waals surface area contributed by atoms with Crippen molar-refractivity contribution >= 4 is 15.9 Å². The minimum atomic E-state index is 0.557. The van der Waals surface area contributed by atoms with E-state index in [2.05, 4.69) is 25.9 Å². The summed E-state index contributed by atoms with van der Waals surface area (Å²) in [7, 11) is 0. The topological polar surface area (TPSA) is 35.0 Å². The maximum absolute atomic E-state index is 5.34. The van der Waals surface area contributed by atoms with Gasteiger partial charge in [0.1, 0.15) is 6.33 Å². The third-order valence-corrected chi connectivity index (χ3v) is 3.60. The fourth-order valence-electron chi connectivity index (χ4n) is 1.54. The molecule has 1 heterocycles. The molecular weight excluding hydrogens is 256 g/mol. The van der Waals surface area contributed by atoms with Gasteiger partial charge >= 0.3 is 0 Å². The van der Waals surface area contributed by atoms with E-state index in [0.29, 0.717) is 17.3 Å². The lowest BCUT2D eigenvalue weighted by Gasteiger charge is -2.08. The first kappa shape index (κ1) is 10.9. The number of hydrogen-bond acceptors (Lipinski definition) is 3. The lowest BCUT2D eigenvalue weighted by Crippen LogP contribution is -2.07. The minimum Gasteiger partial charge on any atom is -0.478 e. The van der Waals surface area contributed by atoms with E-state index in [1.165, 1.54) is 12.8 Å². The molecule has 3 nitrogen and oxygen atoms in total. The van der Waals surface area contributed by atoms with Crippen molar-refractivity contribution in [2.45, 2.75) is 31.0 Å². The van der Waals surface area contributed by atoms with Crippen LogP contribution in [0.3, 0.4) is 0 Å². The van der Waals surface area contributed by atoms with Crippen LogP contribution >= 0.6 is 15.9 Å². The average molecular weight is 271 g/mol. The second kappa shape index (κ2) is 4.92. The first-order chi connectivity index (χ1) is 7.29. The predicted octanol–water partition coefficient (Wildman–Crippen LogP) is 2.59. The number of hydrogen-bond donors (Lipinski definition) is 0. The zero-order chi connectivity index (χ0) is 10.7. The van der Waals surface area contributed by atoms with Gasteiger partial charge in [0.25, 0.3) is 0 Å². The number of rotatable bonds is 5. The largest absolute Gasteiger partial charge is 0.478 e. The van der Waals surface area contributed by atoms with E-state index in [9.17, 15) is 0 Å². The van der Waals surface area contributed by atoms with E-state index in [-0.39, 0.29) is 0 Å². The Kier molecular flexibility index (Phi) is 3.57. The predicted molar refractivity (Wildman–Crippen MR) is 62.3 cm³/mol. The molecule has 1 atom stereocenters. The van der Waals surface area contributed by atoms with Crippen LogP contribution in [0.1, 0.15) is 25.5 Å². The highest BCUT2D eigenvalue weighted by Gasteiger charge is 2.29. The SMILES string of the molecule is CCOc1cc(CC(Br)C2CC2)ncn1. The van der Waals surface area contributed by atoms with Crippen LogP contribution in [0.4, 0.5) is 0 Å². The smallest absolute Gasteiger partial charge is 0.216 e. The van der Waals surface area contributed by atoms with E-state index < -0.39 is 0 Å². The molecule has 2 rings (SSSR count). The van der Waals surface area contributed by atoms with Crippen LogP contribution in [-0.2, 0) is 6.42 Å². The van der Waals surface area contributed by atoms with E-state index in [0.717, 1.165) is 18.0 Å². The van der Waals surface area contributed by atoms with Crippen LogP contribution in [0.2, 0.25) is 0 Å². The molecule has 1 aliphatic carbocycles. The molecule has 1 fully saturated rings. The van der Waals surface area contributed by atoms with Crippen LogP contribution in [0.15, 0.2) is 12.4 Å². The zero-order valence-electron chi connectivity index (χ0n) is 8.82. The highest BCUT2D eigenvalue weighted by atomic mass is 79.9.